The van der Waals surface area contributed by atoms with E-state index in [0.717, 1.165) is 24.0 Å². The van der Waals surface area contributed by atoms with Gasteiger partial charge in [0.15, 0.2) is 0 Å². The van der Waals surface area contributed by atoms with Gasteiger partial charge >= 0.3 is 6.09 Å². The Morgan fingerprint density at radius 2 is 1.81 bits per heavy atom. The third kappa shape index (κ3) is 4.63. The summed E-state index contributed by atoms with van der Waals surface area (Å²) in [6.45, 7) is 2.63. The van der Waals surface area contributed by atoms with Crippen molar-refractivity contribution in [2.75, 3.05) is 39.8 Å². The molecule has 3 atom stereocenters. The summed E-state index contributed by atoms with van der Waals surface area (Å²) in [4.78, 5) is 43.5. The average Bonchev–Trinajstić information content (AvgIpc) is 3.51. The number of benzene rings is 1. The molecule has 2 saturated heterocycles. The lowest BCUT2D eigenvalue weighted by atomic mass is 9.86. The summed E-state index contributed by atoms with van der Waals surface area (Å²) in [6.07, 6.45) is 3.21. The number of hydrogen-bond acceptors (Lipinski definition) is 6. The van der Waals surface area contributed by atoms with Gasteiger partial charge in [0, 0.05) is 32.7 Å². The van der Waals surface area contributed by atoms with Crippen LogP contribution in [0.5, 0.6) is 0 Å². The molecule has 0 radical (unpaired) electrons. The first-order valence-electron chi connectivity index (χ1n) is 11.1. The van der Waals surface area contributed by atoms with Crippen molar-refractivity contribution in [3.05, 3.63) is 42.0 Å². The highest BCUT2D eigenvalue weighted by molar-refractivity contribution is 5.92. The molecule has 9 heteroatoms. The van der Waals surface area contributed by atoms with Crippen LogP contribution in [0.15, 0.2) is 36.4 Å². The Morgan fingerprint density at radius 1 is 1.09 bits per heavy atom. The fourth-order valence-corrected chi connectivity index (χ4v) is 4.90. The van der Waals surface area contributed by atoms with Crippen LogP contribution in [-0.2, 0) is 14.3 Å². The number of carbonyl (C=O) groups is 3. The van der Waals surface area contributed by atoms with E-state index in [1.165, 1.54) is 0 Å². The van der Waals surface area contributed by atoms with Crippen LogP contribution < -0.4 is 5.48 Å². The number of piperidine rings is 1. The Morgan fingerprint density at radius 3 is 2.50 bits per heavy atom. The molecule has 0 aromatic heterocycles. The Kier molecular flexibility index (Phi) is 6.76. The van der Waals surface area contributed by atoms with Gasteiger partial charge in [0.1, 0.15) is 12.1 Å². The molecule has 4 rings (SSSR count). The van der Waals surface area contributed by atoms with Gasteiger partial charge in [-0.15, -0.1) is 0 Å². The van der Waals surface area contributed by atoms with E-state index < -0.39 is 24.0 Å². The summed E-state index contributed by atoms with van der Waals surface area (Å²) in [7, 11) is 1.75. The molecule has 1 aromatic carbocycles. The first-order valence-corrected chi connectivity index (χ1v) is 11.1. The number of nitrogens with one attached hydrogen (secondary N) is 1. The predicted octanol–water partition coefficient (Wildman–Crippen LogP) is 1.34. The highest BCUT2D eigenvalue weighted by atomic mass is 16.6. The van der Waals surface area contributed by atoms with E-state index in [1.807, 2.05) is 36.4 Å². The minimum absolute atomic E-state index is 0.174. The normalized spacial score (nSPS) is 26.1. The molecule has 1 aromatic rings. The van der Waals surface area contributed by atoms with Crippen molar-refractivity contribution in [2.45, 2.75) is 31.4 Å². The smallest absolute Gasteiger partial charge is 0.410 e. The second-order valence-corrected chi connectivity index (χ2v) is 8.72. The molecule has 9 nitrogen and oxygen atoms in total. The lowest BCUT2D eigenvalue weighted by molar-refractivity contribution is -0.151. The van der Waals surface area contributed by atoms with E-state index in [2.05, 4.69) is 0 Å². The van der Waals surface area contributed by atoms with Gasteiger partial charge < -0.3 is 14.5 Å². The van der Waals surface area contributed by atoms with Crippen LogP contribution in [0.3, 0.4) is 0 Å². The maximum atomic E-state index is 13.4. The summed E-state index contributed by atoms with van der Waals surface area (Å²) in [5.41, 5.74) is 3.83. The van der Waals surface area contributed by atoms with E-state index in [0.29, 0.717) is 32.7 Å². The number of likely N-dealkylation sites (tertiary alicyclic amines) is 2. The van der Waals surface area contributed by atoms with Crippen molar-refractivity contribution in [3.8, 4) is 0 Å². The van der Waals surface area contributed by atoms with Crippen LogP contribution in [0.1, 0.15) is 24.8 Å². The molecule has 0 saturated carbocycles. The third-order valence-electron chi connectivity index (χ3n) is 6.57. The molecule has 0 bridgehead atoms. The van der Waals surface area contributed by atoms with Crippen molar-refractivity contribution >= 4 is 23.5 Å². The Bertz CT molecular complexity index is 884. The minimum atomic E-state index is -0.830. The van der Waals surface area contributed by atoms with E-state index in [9.17, 15) is 19.6 Å². The van der Waals surface area contributed by atoms with Crippen LogP contribution in [-0.4, -0.2) is 89.7 Å². The number of hydrogen-bond donors (Lipinski definition) is 2. The molecule has 172 valence electrons. The summed E-state index contributed by atoms with van der Waals surface area (Å²) in [5.74, 6) is -1.65. The number of carbonyl (C=O) groups excluding carboxylic acids is 3. The number of rotatable bonds is 4. The molecule has 2 fully saturated rings. The number of ether oxygens (including phenoxy) is 1. The van der Waals surface area contributed by atoms with Gasteiger partial charge in [0.2, 0.25) is 11.8 Å². The van der Waals surface area contributed by atoms with Crippen LogP contribution in [0.25, 0.3) is 5.57 Å². The average molecular weight is 443 g/mol. The standard InChI is InChI=1S/C23H30N4O5/c1-25-15-18(32-23(30)26-10-5-6-11-26)13-19(21(28)24-31)20(25)22(29)27-12-9-17(14-27)16-7-3-2-4-8-16/h2-4,7-9,18-20,31H,5-6,10-15H2,1H3,(H,24,28). The monoisotopic (exact) mass is 442 g/mol. The largest absolute Gasteiger partial charge is 0.445 e. The van der Waals surface area contributed by atoms with Crippen molar-refractivity contribution in [1.29, 1.82) is 0 Å². The van der Waals surface area contributed by atoms with E-state index in [4.69, 9.17) is 4.74 Å². The molecule has 2 N–H and O–H groups in total. The van der Waals surface area contributed by atoms with Crippen LogP contribution in [0.2, 0.25) is 0 Å². The summed E-state index contributed by atoms with van der Waals surface area (Å²) in [6, 6.07) is 9.14. The zero-order chi connectivity index (χ0) is 22.7. The number of hydroxylamine groups is 1. The van der Waals surface area contributed by atoms with Gasteiger partial charge in [-0.05, 0) is 37.4 Å². The Hall–Kier alpha value is -2.91. The quantitative estimate of drug-likeness (QED) is 0.539. The molecule has 3 unspecified atom stereocenters. The summed E-state index contributed by atoms with van der Waals surface area (Å²) in [5, 5.41) is 9.30. The molecular weight excluding hydrogens is 412 g/mol. The molecule has 32 heavy (non-hydrogen) atoms. The second kappa shape index (κ2) is 9.70. The van der Waals surface area contributed by atoms with E-state index in [1.54, 1.807) is 27.2 Å². The van der Waals surface area contributed by atoms with Gasteiger partial charge in [0.25, 0.3) is 0 Å². The maximum Gasteiger partial charge on any atom is 0.410 e. The van der Waals surface area contributed by atoms with Crippen molar-refractivity contribution in [1.82, 2.24) is 20.2 Å². The highest BCUT2D eigenvalue weighted by Gasteiger charge is 2.46. The maximum absolute atomic E-state index is 13.4. The zero-order valence-corrected chi connectivity index (χ0v) is 18.3. The zero-order valence-electron chi connectivity index (χ0n) is 18.3. The van der Waals surface area contributed by atoms with E-state index in [-0.39, 0.29) is 18.4 Å². The van der Waals surface area contributed by atoms with Gasteiger partial charge in [0.05, 0.1) is 5.92 Å². The van der Waals surface area contributed by atoms with E-state index >= 15 is 0 Å². The van der Waals surface area contributed by atoms with Crippen LogP contribution >= 0.6 is 0 Å². The summed E-state index contributed by atoms with van der Waals surface area (Å²) < 4.78 is 5.65. The number of amides is 3. The van der Waals surface area contributed by atoms with Gasteiger partial charge in [-0.25, -0.2) is 10.3 Å². The SMILES string of the molecule is CN1CC(OC(=O)N2CCCC2)CC(C(=O)NO)C1C(=O)N1CC=C(c2ccccc2)C1. The Balaban J connectivity index is 1.43. The molecular formula is C23H30N4O5. The first kappa shape index (κ1) is 22.3. The van der Waals surface area contributed by atoms with Crippen molar-refractivity contribution in [3.63, 3.8) is 0 Å². The van der Waals surface area contributed by atoms with Crippen molar-refractivity contribution < 1.29 is 24.3 Å². The highest BCUT2D eigenvalue weighted by Crippen LogP contribution is 2.29. The molecule has 0 aliphatic carbocycles. The molecule has 0 spiro atoms. The van der Waals surface area contributed by atoms with Crippen LogP contribution in [0.4, 0.5) is 4.79 Å². The summed E-state index contributed by atoms with van der Waals surface area (Å²) >= 11 is 0. The fourth-order valence-electron chi connectivity index (χ4n) is 4.90. The lowest BCUT2D eigenvalue weighted by Crippen LogP contribution is -2.60. The number of likely N-dealkylation sites (N-methyl/N-ethyl adjacent to an activating group) is 1. The van der Waals surface area contributed by atoms with Crippen LogP contribution in [0, 0.1) is 5.92 Å². The molecule has 3 aliphatic rings. The molecule has 3 aliphatic heterocycles. The third-order valence-corrected chi connectivity index (χ3v) is 6.57. The Labute approximate surface area is 187 Å². The topological polar surface area (TPSA) is 102 Å². The van der Waals surface area contributed by atoms with Gasteiger partial charge in [-0.3, -0.25) is 19.7 Å². The minimum Gasteiger partial charge on any atom is -0.445 e. The van der Waals surface area contributed by atoms with Gasteiger partial charge in [-0.1, -0.05) is 36.4 Å². The molecule has 3 amide bonds. The van der Waals surface area contributed by atoms with Gasteiger partial charge in [-0.2, -0.15) is 0 Å². The second-order valence-electron chi connectivity index (χ2n) is 8.72. The number of nitrogens with zero attached hydrogens (tertiary/aromatic N) is 3. The lowest BCUT2D eigenvalue weighted by Gasteiger charge is -2.42. The van der Waals surface area contributed by atoms with Crippen molar-refractivity contribution in [2.24, 2.45) is 5.92 Å². The predicted molar refractivity (Wildman–Crippen MR) is 117 cm³/mol. The molecule has 3 heterocycles. The fraction of sp³-hybridized carbons (Fsp3) is 0.522. The first-order chi connectivity index (χ1) is 15.5.